The summed E-state index contributed by atoms with van der Waals surface area (Å²) in [7, 11) is -4.47. The van der Waals surface area contributed by atoms with Crippen LogP contribution >= 0.6 is 0 Å². The Bertz CT molecular complexity index is 290. The zero-order chi connectivity index (χ0) is 7.61. The highest BCUT2D eigenvalue weighted by Gasteiger charge is 2.10. The van der Waals surface area contributed by atoms with Gasteiger partial charge < -0.3 is 4.52 Å². The van der Waals surface area contributed by atoms with E-state index in [9.17, 15) is 12.3 Å². The fourth-order valence-electron chi connectivity index (χ4n) is 0.489. The number of hydrogen-bond acceptors (Lipinski definition) is 4. The molecular formula is C4H4FNO3S. The topological polar surface area (TPSA) is 60.2 Å². The van der Waals surface area contributed by atoms with Crippen LogP contribution in [0.2, 0.25) is 0 Å². The molecule has 0 aliphatic heterocycles. The Balaban J connectivity index is 2.75. The van der Waals surface area contributed by atoms with Gasteiger partial charge in [-0.25, -0.2) is 0 Å². The maximum absolute atomic E-state index is 11.8. The number of rotatable bonds is 2. The third kappa shape index (κ3) is 2.14. The van der Waals surface area contributed by atoms with E-state index in [2.05, 4.69) is 9.68 Å². The van der Waals surface area contributed by atoms with Crippen LogP contribution in [0.5, 0.6) is 0 Å². The standard InChI is InChI=1S/C4H4FNO3S/c5-10(7,8)3-4-1-2-9-6-4/h1-2H,3H2. The van der Waals surface area contributed by atoms with E-state index >= 15 is 0 Å². The van der Waals surface area contributed by atoms with E-state index in [0.717, 1.165) is 0 Å². The lowest BCUT2D eigenvalue weighted by Crippen LogP contribution is -1.95. The summed E-state index contributed by atoms with van der Waals surface area (Å²) in [6.07, 6.45) is 1.18. The highest BCUT2D eigenvalue weighted by molar-refractivity contribution is 7.85. The molecule has 0 fully saturated rings. The third-order valence-corrected chi connectivity index (χ3v) is 1.45. The number of hydrogen-bond donors (Lipinski definition) is 0. The molecule has 0 aromatic carbocycles. The molecule has 10 heavy (non-hydrogen) atoms. The Hall–Kier alpha value is -0.910. The van der Waals surface area contributed by atoms with Crippen LogP contribution < -0.4 is 0 Å². The SMILES string of the molecule is O=S(=O)(F)Cc1ccon1. The second-order valence-electron chi connectivity index (χ2n) is 1.67. The molecule has 0 saturated carbocycles. The summed E-state index contributed by atoms with van der Waals surface area (Å²) in [5, 5.41) is 3.21. The van der Waals surface area contributed by atoms with Crippen LogP contribution in [-0.2, 0) is 16.0 Å². The molecule has 0 radical (unpaired) electrons. The molecule has 6 heteroatoms. The van der Waals surface area contributed by atoms with Gasteiger partial charge in [-0.05, 0) is 0 Å². The van der Waals surface area contributed by atoms with Crippen molar-refractivity contribution in [2.75, 3.05) is 0 Å². The van der Waals surface area contributed by atoms with Gasteiger partial charge in [0.1, 0.15) is 17.7 Å². The van der Waals surface area contributed by atoms with Crippen molar-refractivity contribution in [2.45, 2.75) is 5.75 Å². The van der Waals surface area contributed by atoms with Gasteiger partial charge in [0.2, 0.25) is 0 Å². The molecule has 1 rings (SSSR count). The molecule has 0 N–H and O–H groups in total. The molecule has 1 aromatic rings. The van der Waals surface area contributed by atoms with E-state index in [1.807, 2.05) is 0 Å². The lowest BCUT2D eigenvalue weighted by Gasteiger charge is -1.84. The van der Waals surface area contributed by atoms with Crippen LogP contribution in [0.25, 0.3) is 0 Å². The molecular weight excluding hydrogens is 161 g/mol. The fourth-order valence-corrected chi connectivity index (χ4v) is 0.991. The normalized spacial score (nSPS) is 11.7. The molecule has 0 bridgehead atoms. The van der Waals surface area contributed by atoms with E-state index in [1.165, 1.54) is 12.3 Å². The van der Waals surface area contributed by atoms with E-state index in [1.54, 1.807) is 0 Å². The smallest absolute Gasteiger partial charge is 0.308 e. The van der Waals surface area contributed by atoms with Crippen LogP contribution in [0.15, 0.2) is 16.9 Å². The fraction of sp³-hybridized carbons (Fsp3) is 0.250. The van der Waals surface area contributed by atoms with Crippen molar-refractivity contribution in [1.82, 2.24) is 5.16 Å². The van der Waals surface area contributed by atoms with Gasteiger partial charge >= 0.3 is 10.2 Å². The van der Waals surface area contributed by atoms with Crippen molar-refractivity contribution in [3.8, 4) is 0 Å². The van der Waals surface area contributed by atoms with E-state index in [0.29, 0.717) is 0 Å². The Labute approximate surface area is 56.8 Å². The minimum absolute atomic E-state index is 0.0718. The predicted octanol–water partition coefficient (Wildman–Crippen LogP) is 0.474. The average molecular weight is 165 g/mol. The highest BCUT2D eigenvalue weighted by atomic mass is 32.3. The molecule has 4 nitrogen and oxygen atoms in total. The van der Waals surface area contributed by atoms with Crippen molar-refractivity contribution in [3.63, 3.8) is 0 Å². The summed E-state index contributed by atoms with van der Waals surface area (Å²) in [6.45, 7) is 0. The van der Waals surface area contributed by atoms with Crippen LogP contribution in [0.4, 0.5) is 3.89 Å². The van der Waals surface area contributed by atoms with Crippen molar-refractivity contribution >= 4 is 10.2 Å². The van der Waals surface area contributed by atoms with Crippen molar-refractivity contribution in [3.05, 3.63) is 18.0 Å². The maximum Gasteiger partial charge on any atom is 0.308 e. The molecule has 0 aliphatic rings. The molecule has 0 aliphatic carbocycles. The van der Waals surface area contributed by atoms with Crippen molar-refractivity contribution in [1.29, 1.82) is 0 Å². The summed E-state index contributed by atoms with van der Waals surface area (Å²) >= 11 is 0. The molecule has 56 valence electrons. The first-order chi connectivity index (χ1) is 4.58. The van der Waals surface area contributed by atoms with Crippen LogP contribution in [-0.4, -0.2) is 13.6 Å². The number of aromatic nitrogens is 1. The highest BCUT2D eigenvalue weighted by Crippen LogP contribution is 2.03. The molecule has 0 spiro atoms. The van der Waals surface area contributed by atoms with E-state index < -0.39 is 16.0 Å². The van der Waals surface area contributed by atoms with Gasteiger partial charge in [0, 0.05) is 6.07 Å². The molecule has 1 heterocycles. The predicted molar refractivity (Wildman–Crippen MR) is 30.2 cm³/mol. The molecule has 0 amide bonds. The van der Waals surface area contributed by atoms with Gasteiger partial charge in [-0.1, -0.05) is 5.16 Å². The maximum atomic E-state index is 11.8. The van der Waals surface area contributed by atoms with E-state index in [4.69, 9.17) is 0 Å². The second kappa shape index (κ2) is 2.37. The first-order valence-electron chi connectivity index (χ1n) is 2.39. The minimum atomic E-state index is -4.47. The summed E-state index contributed by atoms with van der Waals surface area (Å²) in [6, 6.07) is 1.29. The van der Waals surface area contributed by atoms with Crippen molar-refractivity contribution < 1.29 is 16.8 Å². The Morgan fingerprint density at radius 3 is 2.80 bits per heavy atom. The summed E-state index contributed by atoms with van der Waals surface area (Å²) in [5.74, 6) is -0.719. The van der Waals surface area contributed by atoms with Gasteiger partial charge in [0.05, 0.1) is 0 Å². The number of halogens is 1. The lowest BCUT2D eigenvalue weighted by molar-refractivity contribution is 0.413. The Kier molecular flexibility index (Phi) is 1.71. The van der Waals surface area contributed by atoms with Crippen LogP contribution in [0.3, 0.4) is 0 Å². The van der Waals surface area contributed by atoms with Gasteiger partial charge in [-0.15, -0.1) is 3.89 Å². The first kappa shape index (κ1) is 7.20. The average Bonchev–Trinajstić information content (AvgIpc) is 2.12. The lowest BCUT2D eigenvalue weighted by atomic mass is 10.5. The van der Waals surface area contributed by atoms with Gasteiger partial charge in [0.15, 0.2) is 0 Å². The molecule has 0 unspecified atom stereocenters. The van der Waals surface area contributed by atoms with Crippen LogP contribution in [0, 0.1) is 0 Å². The molecule has 0 atom stereocenters. The monoisotopic (exact) mass is 165 g/mol. The van der Waals surface area contributed by atoms with Crippen LogP contribution in [0.1, 0.15) is 5.69 Å². The largest absolute Gasteiger partial charge is 0.364 e. The minimum Gasteiger partial charge on any atom is -0.364 e. The first-order valence-corrected chi connectivity index (χ1v) is 3.95. The number of nitrogens with zero attached hydrogens (tertiary/aromatic N) is 1. The van der Waals surface area contributed by atoms with Gasteiger partial charge in [-0.3, -0.25) is 0 Å². The molecule has 1 aromatic heterocycles. The van der Waals surface area contributed by atoms with Gasteiger partial charge in [-0.2, -0.15) is 8.42 Å². The zero-order valence-corrected chi connectivity index (χ0v) is 5.64. The summed E-state index contributed by atoms with van der Waals surface area (Å²) in [5.41, 5.74) is 0.0718. The summed E-state index contributed by atoms with van der Waals surface area (Å²) in [4.78, 5) is 0. The Morgan fingerprint density at radius 1 is 1.70 bits per heavy atom. The third-order valence-electron chi connectivity index (χ3n) is 0.812. The Morgan fingerprint density at radius 2 is 2.40 bits per heavy atom. The van der Waals surface area contributed by atoms with E-state index in [-0.39, 0.29) is 5.69 Å². The van der Waals surface area contributed by atoms with Crippen molar-refractivity contribution in [2.24, 2.45) is 0 Å². The quantitative estimate of drug-likeness (QED) is 0.598. The second-order valence-corrected chi connectivity index (χ2v) is 3.04. The zero-order valence-electron chi connectivity index (χ0n) is 4.82. The van der Waals surface area contributed by atoms with Gasteiger partial charge in [0.25, 0.3) is 0 Å². The summed E-state index contributed by atoms with van der Waals surface area (Å²) < 4.78 is 36.0. The molecule has 0 saturated heterocycles.